The van der Waals surface area contributed by atoms with Gasteiger partial charge in [-0.25, -0.2) is 4.98 Å². The van der Waals surface area contributed by atoms with E-state index in [-0.39, 0.29) is 0 Å². The van der Waals surface area contributed by atoms with E-state index in [1.54, 1.807) is 11.3 Å². The quantitative estimate of drug-likeness (QED) is 0.889. The standard InChI is InChI=1S/C15H23N5S/c1-3-11-8-12-13(18-15(16)19-14(12)21-11)17-10(2)9-20-6-4-5-7-20/h8,10H,3-7,9H2,1-2H3,(H3,16,17,18,19). The minimum Gasteiger partial charge on any atom is -0.368 e. The van der Waals surface area contributed by atoms with Gasteiger partial charge < -0.3 is 16.0 Å². The minimum atomic E-state index is 0.350. The molecule has 1 saturated heterocycles. The summed E-state index contributed by atoms with van der Waals surface area (Å²) in [7, 11) is 0. The molecule has 21 heavy (non-hydrogen) atoms. The molecule has 0 spiro atoms. The Balaban J connectivity index is 1.79. The summed E-state index contributed by atoms with van der Waals surface area (Å²) < 4.78 is 0. The van der Waals surface area contributed by atoms with E-state index < -0.39 is 0 Å². The third kappa shape index (κ3) is 3.27. The number of nitrogen functional groups attached to an aromatic ring is 1. The lowest BCUT2D eigenvalue weighted by Gasteiger charge is -2.21. The number of nitrogens with one attached hydrogen (secondary N) is 1. The molecule has 0 aliphatic carbocycles. The lowest BCUT2D eigenvalue weighted by molar-refractivity contribution is 0.328. The van der Waals surface area contributed by atoms with Gasteiger partial charge in [0.15, 0.2) is 0 Å². The molecular formula is C15H23N5S. The Morgan fingerprint density at radius 1 is 1.38 bits per heavy atom. The van der Waals surface area contributed by atoms with Crippen LogP contribution in [0.2, 0.25) is 0 Å². The Hall–Kier alpha value is -1.40. The van der Waals surface area contributed by atoms with Crippen LogP contribution in [0.15, 0.2) is 6.07 Å². The van der Waals surface area contributed by atoms with E-state index in [1.165, 1.54) is 30.8 Å². The number of aromatic nitrogens is 2. The van der Waals surface area contributed by atoms with Crippen LogP contribution in [-0.4, -0.2) is 40.5 Å². The number of hydrogen-bond acceptors (Lipinski definition) is 6. The molecule has 1 fully saturated rings. The number of nitrogens with two attached hydrogens (primary N) is 1. The molecule has 3 rings (SSSR count). The molecule has 1 aliphatic heterocycles. The van der Waals surface area contributed by atoms with Crippen LogP contribution in [0.5, 0.6) is 0 Å². The first kappa shape index (κ1) is 14.5. The van der Waals surface area contributed by atoms with Crippen molar-refractivity contribution in [2.24, 2.45) is 0 Å². The van der Waals surface area contributed by atoms with Crippen LogP contribution in [0.25, 0.3) is 10.2 Å². The van der Waals surface area contributed by atoms with E-state index in [2.05, 4.69) is 40.1 Å². The molecule has 3 heterocycles. The fourth-order valence-electron chi connectivity index (χ4n) is 2.90. The Kier molecular flexibility index (Phi) is 4.26. The number of thiophene rings is 1. The smallest absolute Gasteiger partial charge is 0.223 e. The van der Waals surface area contributed by atoms with Crippen LogP contribution in [0, 0.1) is 0 Å². The third-order valence-corrected chi connectivity index (χ3v) is 5.10. The highest BCUT2D eigenvalue weighted by atomic mass is 32.1. The highest BCUT2D eigenvalue weighted by molar-refractivity contribution is 7.18. The predicted octanol–water partition coefficient (Wildman–Crippen LogP) is 2.73. The summed E-state index contributed by atoms with van der Waals surface area (Å²) in [6.45, 7) is 7.84. The van der Waals surface area contributed by atoms with Crippen LogP contribution in [-0.2, 0) is 6.42 Å². The van der Waals surface area contributed by atoms with Crippen molar-refractivity contribution >= 4 is 33.3 Å². The molecule has 1 unspecified atom stereocenters. The molecule has 0 radical (unpaired) electrons. The largest absolute Gasteiger partial charge is 0.368 e. The highest BCUT2D eigenvalue weighted by Gasteiger charge is 2.16. The molecule has 1 aliphatic rings. The first-order valence-corrected chi connectivity index (χ1v) is 8.52. The fraction of sp³-hybridized carbons (Fsp3) is 0.600. The van der Waals surface area contributed by atoms with Crippen molar-refractivity contribution in [3.05, 3.63) is 10.9 Å². The number of anilines is 2. The number of hydrogen-bond donors (Lipinski definition) is 2. The van der Waals surface area contributed by atoms with Crippen LogP contribution in [0.1, 0.15) is 31.6 Å². The summed E-state index contributed by atoms with van der Waals surface area (Å²) in [4.78, 5) is 13.6. The zero-order valence-electron chi connectivity index (χ0n) is 12.7. The Bertz CT molecular complexity index is 618. The summed E-state index contributed by atoms with van der Waals surface area (Å²) in [6, 6.07) is 2.54. The van der Waals surface area contributed by atoms with E-state index >= 15 is 0 Å². The zero-order chi connectivity index (χ0) is 14.8. The predicted molar refractivity (Wildman–Crippen MR) is 90.0 cm³/mol. The average molecular weight is 305 g/mol. The van der Waals surface area contributed by atoms with Crippen LogP contribution in [0.3, 0.4) is 0 Å². The summed E-state index contributed by atoms with van der Waals surface area (Å²) >= 11 is 1.70. The molecule has 114 valence electrons. The van der Waals surface area contributed by atoms with Gasteiger partial charge in [-0.15, -0.1) is 11.3 Å². The van der Waals surface area contributed by atoms with Crippen molar-refractivity contribution in [1.29, 1.82) is 0 Å². The van der Waals surface area contributed by atoms with Crippen LogP contribution in [0.4, 0.5) is 11.8 Å². The average Bonchev–Trinajstić information content (AvgIpc) is 3.07. The van der Waals surface area contributed by atoms with Gasteiger partial charge in [0.25, 0.3) is 0 Å². The summed E-state index contributed by atoms with van der Waals surface area (Å²) in [5.74, 6) is 1.23. The molecule has 0 saturated carbocycles. The number of nitrogens with zero attached hydrogens (tertiary/aromatic N) is 3. The summed E-state index contributed by atoms with van der Waals surface area (Å²) in [5, 5.41) is 4.62. The monoisotopic (exact) mass is 305 g/mol. The van der Waals surface area contributed by atoms with Gasteiger partial charge in [0.2, 0.25) is 5.95 Å². The lowest BCUT2D eigenvalue weighted by Crippen LogP contribution is -2.33. The fourth-order valence-corrected chi connectivity index (χ4v) is 3.88. The Morgan fingerprint density at radius 3 is 2.86 bits per heavy atom. The Labute approximate surface area is 129 Å². The van der Waals surface area contributed by atoms with E-state index in [0.717, 1.165) is 29.0 Å². The van der Waals surface area contributed by atoms with E-state index in [4.69, 9.17) is 5.73 Å². The second-order valence-corrected chi connectivity index (χ2v) is 6.88. The molecule has 0 bridgehead atoms. The third-order valence-electron chi connectivity index (χ3n) is 3.92. The van der Waals surface area contributed by atoms with Crippen molar-refractivity contribution < 1.29 is 0 Å². The van der Waals surface area contributed by atoms with Gasteiger partial charge in [-0.3, -0.25) is 0 Å². The second kappa shape index (κ2) is 6.15. The first-order chi connectivity index (χ1) is 10.2. The van der Waals surface area contributed by atoms with Gasteiger partial charge in [0, 0.05) is 17.5 Å². The van der Waals surface area contributed by atoms with Crippen molar-refractivity contribution in [3.8, 4) is 0 Å². The van der Waals surface area contributed by atoms with Crippen molar-refractivity contribution in [1.82, 2.24) is 14.9 Å². The normalized spacial score (nSPS) is 17.4. The molecule has 5 nitrogen and oxygen atoms in total. The first-order valence-electron chi connectivity index (χ1n) is 7.70. The van der Waals surface area contributed by atoms with Crippen molar-refractivity contribution in [3.63, 3.8) is 0 Å². The molecule has 0 aromatic carbocycles. The molecule has 1 atom stereocenters. The molecule has 3 N–H and O–H groups in total. The maximum absolute atomic E-state index is 5.85. The van der Waals surface area contributed by atoms with Gasteiger partial charge in [-0.1, -0.05) is 6.92 Å². The zero-order valence-corrected chi connectivity index (χ0v) is 13.5. The van der Waals surface area contributed by atoms with Crippen molar-refractivity contribution in [2.45, 2.75) is 39.2 Å². The SMILES string of the molecule is CCc1cc2c(NC(C)CN3CCCC3)nc(N)nc2s1. The van der Waals surface area contributed by atoms with E-state index in [1.807, 2.05) is 0 Å². The molecule has 6 heteroatoms. The highest BCUT2D eigenvalue weighted by Crippen LogP contribution is 2.30. The van der Waals surface area contributed by atoms with Gasteiger partial charge >= 0.3 is 0 Å². The van der Waals surface area contributed by atoms with Crippen LogP contribution < -0.4 is 11.1 Å². The summed E-state index contributed by atoms with van der Waals surface area (Å²) in [6.07, 6.45) is 3.66. The van der Waals surface area contributed by atoms with Gasteiger partial charge in [0.1, 0.15) is 10.6 Å². The molecular weight excluding hydrogens is 282 g/mol. The molecule has 2 aromatic heterocycles. The van der Waals surface area contributed by atoms with Crippen LogP contribution >= 0.6 is 11.3 Å². The number of aryl methyl sites for hydroxylation is 1. The van der Waals surface area contributed by atoms with Crippen molar-refractivity contribution in [2.75, 3.05) is 30.7 Å². The van der Waals surface area contributed by atoms with E-state index in [0.29, 0.717) is 12.0 Å². The number of rotatable bonds is 5. The van der Waals surface area contributed by atoms with Gasteiger partial charge in [0.05, 0.1) is 5.39 Å². The van der Waals surface area contributed by atoms with Gasteiger partial charge in [-0.05, 0) is 45.3 Å². The maximum Gasteiger partial charge on any atom is 0.223 e. The number of likely N-dealkylation sites (tertiary alicyclic amines) is 1. The van der Waals surface area contributed by atoms with Gasteiger partial charge in [-0.2, -0.15) is 4.98 Å². The number of fused-ring (bicyclic) bond motifs is 1. The maximum atomic E-state index is 5.85. The lowest BCUT2D eigenvalue weighted by atomic mass is 10.2. The van der Waals surface area contributed by atoms with E-state index in [9.17, 15) is 0 Å². The molecule has 0 amide bonds. The minimum absolute atomic E-state index is 0.350. The topological polar surface area (TPSA) is 67.1 Å². The second-order valence-electron chi connectivity index (χ2n) is 5.77. The molecule has 2 aromatic rings. The Morgan fingerprint density at radius 2 is 2.14 bits per heavy atom. The summed E-state index contributed by atoms with van der Waals surface area (Å²) in [5.41, 5.74) is 5.85.